The molecular weight excluding hydrogens is 228 g/mol. The maximum absolute atomic E-state index is 11.4. The molecule has 5 nitrogen and oxygen atoms in total. The monoisotopic (exact) mass is 246 g/mol. The first kappa shape index (κ1) is 12.4. The number of aromatic nitrogens is 2. The number of nitrogens with one attached hydrogen (secondary N) is 2. The van der Waals surface area contributed by atoms with Crippen molar-refractivity contribution in [2.24, 2.45) is 11.7 Å². The number of rotatable bonds is 5. The number of pyridine rings is 1. The fourth-order valence-electron chi connectivity index (χ4n) is 1.87. The Morgan fingerprint density at radius 2 is 2.33 bits per heavy atom. The molecule has 0 aliphatic heterocycles. The number of H-pyrrole nitrogens is 1. The molecule has 0 aliphatic carbocycles. The highest BCUT2D eigenvalue weighted by Crippen LogP contribution is 2.25. The van der Waals surface area contributed by atoms with E-state index < -0.39 is 5.91 Å². The number of hydrogen-bond donors (Lipinski definition) is 3. The number of aromatic amines is 1. The van der Waals surface area contributed by atoms with Crippen molar-refractivity contribution in [2.75, 3.05) is 11.9 Å². The molecule has 0 aromatic carbocycles. The van der Waals surface area contributed by atoms with Gasteiger partial charge in [-0.2, -0.15) is 0 Å². The lowest BCUT2D eigenvalue weighted by Crippen LogP contribution is -2.16. The van der Waals surface area contributed by atoms with Gasteiger partial charge >= 0.3 is 0 Å². The molecule has 96 valence electrons. The number of fused-ring (bicyclic) bond motifs is 1. The van der Waals surface area contributed by atoms with E-state index >= 15 is 0 Å². The molecule has 2 rings (SSSR count). The molecule has 0 atom stereocenters. The van der Waals surface area contributed by atoms with Gasteiger partial charge in [0.25, 0.3) is 5.91 Å². The summed E-state index contributed by atoms with van der Waals surface area (Å²) in [6.45, 7) is 5.13. The largest absolute Gasteiger partial charge is 0.384 e. The van der Waals surface area contributed by atoms with Gasteiger partial charge in [-0.3, -0.25) is 4.79 Å². The molecule has 0 aliphatic rings. The van der Waals surface area contributed by atoms with Gasteiger partial charge in [0.1, 0.15) is 5.65 Å². The van der Waals surface area contributed by atoms with Gasteiger partial charge in [-0.25, -0.2) is 4.98 Å². The van der Waals surface area contributed by atoms with Gasteiger partial charge in [-0.1, -0.05) is 13.8 Å². The molecule has 0 spiro atoms. The van der Waals surface area contributed by atoms with Crippen LogP contribution in [0.3, 0.4) is 0 Å². The number of nitrogens with two attached hydrogens (primary N) is 1. The lowest BCUT2D eigenvalue weighted by atomic mass is 10.1. The van der Waals surface area contributed by atoms with Gasteiger partial charge in [-0.05, 0) is 18.4 Å². The molecule has 0 radical (unpaired) electrons. The van der Waals surface area contributed by atoms with Crippen LogP contribution in [0.5, 0.6) is 0 Å². The van der Waals surface area contributed by atoms with Crippen LogP contribution in [-0.4, -0.2) is 22.4 Å². The second kappa shape index (κ2) is 5.08. The van der Waals surface area contributed by atoms with Crippen LogP contribution < -0.4 is 11.1 Å². The zero-order valence-electron chi connectivity index (χ0n) is 10.7. The van der Waals surface area contributed by atoms with Crippen molar-refractivity contribution in [1.29, 1.82) is 0 Å². The fraction of sp³-hybridized carbons (Fsp3) is 0.385. The van der Waals surface area contributed by atoms with Crippen molar-refractivity contribution in [3.63, 3.8) is 0 Å². The quantitative estimate of drug-likeness (QED) is 0.755. The Morgan fingerprint density at radius 3 is 3.00 bits per heavy atom. The predicted octanol–water partition coefficient (Wildman–Crippen LogP) is 2.12. The van der Waals surface area contributed by atoms with E-state index in [0.29, 0.717) is 11.5 Å². The maximum atomic E-state index is 11.4. The summed E-state index contributed by atoms with van der Waals surface area (Å²) >= 11 is 0. The smallest absolute Gasteiger partial charge is 0.252 e. The number of hydrogen-bond acceptors (Lipinski definition) is 3. The summed E-state index contributed by atoms with van der Waals surface area (Å²) < 4.78 is 0. The average Bonchev–Trinajstić information content (AvgIpc) is 2.76. The molecule has 4 N–H and O–H groups in total. The molecular formula is C13H18N4O. The highest BCUT2D eigenvalue weighted by Gasteiger charge is 2.13. The van der Waals surface area contributed by atoms with Crippen LogP contribution in [0.2, 0.25) is 0 Å². The van der Waals surface area contributed by atoms with Gasteiger partial charge in [0, 0.05) is 24.3 Å². The summed E-state index contributed by atoms with van der Waals surface area (Å²) in [5.74, 6) is 0.149. The molecule has 0 saturated carbocycles. The van der Waals surface area contributed by atoms with E-state index in [1.807, 2.05) is 6.07 Å². The third-order valence-corrected chi connectivity index (χ3v) is 2.88. The zero-order chi connectivity index (χ0) is 13.1. The van der Waals surface area contributed by atoms with Crippen molar-refractivity contribution < 1.29 is 4.79 Å². The van der Waals surface area contributed by atoms with E-state index in [9.17, 15) is 4.79 Å². The fourth-order valence-corrected chi connectivity index (χ4v) is 1.87. The van der Waals surface area contributed by atoms with Crippen LogP contribution in [0.1, 0.15) is 30.6 Å². The minimum atomic E-state index is -0.461. The van der Waals surface area contributed by atoms with Gasteiger partial charge in [0.2, 0.25) is 0 Å². The van der Waals surface area contributed by atoms with E-state index in [-0.39, 0.29) is 0 Å². The summed E-state index contributed by atoms with van der Waals surface area (Å²) in [6, 6.07) is 1.90. The Kier molecular flexibility index (Phi) is 3.50. The molecule has 2 heterocycles. The SMILES string of the molecule is CC(C)CCNc1c(C(N)=O)cnc2[nH]ccc12. The predicted molar refractivity (Wildman–Crippen MR) is 72.6 cm³/mol. The molecule has 0 fully saturated rings. The second-order valence-corrected chi connectivity index (χ2v) is 4.76. The summed E-state index contributed by atoms with van der Waals surface area (Å²) in [7, 11) is 0. The lowest BCUT2D eigenvalue weighted by Gasteiger charge is -2.12. The van der Waals surface area contributed by atoms with Crippen LogP contribution in [0.25, 0.3) is 11.0 Å². The van der Waals surface area contributed by atoms with Gasteiger partial charge in [-0.15, -0.1) is 0 Å². The molecule has 5 heteroatoms. The number of carbonyl (C=O) groups is 1. The van der Waals surface area contributed by atoms with E-state index in [2.05, 4.69) is 29.1 Å². The number of primary amides is 1. The Bertz CT molecular complexity index is 559. The van der Waals surface area contributed by atoms with Crippen molar-refractivity contribution in [3.05, 3.63) is 24.0 Å². The highest BCUT2D eigenvalue weighted by atomic mass is 16.1. The van der Waals surface area contributed by atoms with Crippen LogP contribution in [-0.2, 0) is 0 Å². The Balaban J connectivity index is 2.34. The minimum absolute atomic E-state index is 0.436. The van der Waals surface area contributed by atoms with Crippen LogP contribution in [0.4, 0.5) is 5.69 Å². The van der Waals surface area contributed by atoms with Crippen LogP contribution >= 0.6 is 0 Å². The van der Waals surface area contributed by atoms with E-state index in [4.69, 9.17) is 5.73 Å². The molecule has 0 saturated heterocycles. The molecule has 18 heavy (non-hydrogen) atoms. The molecule has 2 aromatic heterocycles. The van der Waals surface area contributed by atoms with Crippen molar-refractivity contribution >= 4 is 22.6 Å². The second-order valence-electron chi connectivity index (χ2n) is 4.76. The third-order valence-electron chi connectivity index (χ3n) is 2.88. The van der Waals surface area contributed by atoms with Crippen LogP contribution in [0, 0.1) is 5.92 Å². The number of nitrogens with zero attached hydrogens (tertiary/aromatic N) is 1. The van der Waals surface area contributed by atoms with Gasteiger partial charge in [0.15, 0.2) is 0 Å². The Morgan fingerprint density at radius 1 is 1.56 bits per heavy atom. The molecule has 0 unspecified atom stereocenters. The molecule has 1 amide bonds. The normalized spacial score (nSPS) is 11.1. The van der Waals surface area contributed by atoms with Gasteiger partial charge < -0.3 is 16.0 Å². The number of amides is 1. The first-order chi connectivity index (χ1) is 8.59. The lowest BCUT2D eigenvalue weighted by molar-refractivity contribution is 0.100. The summed E-state index contributed by atoms with van der Waals surface area (Å²) in [6.07, 6.45) is 4.35. The van der Waals surface area contributed by atoms with Crippen molar-refractivity contribution in [2.45, 2.75) is 20.3 Å². The zero-order valence-corrected chi connectivity index (χ0v) is 10.7. The number of anilines is 1. The topological polar surface area (TPSA) is 83.8 Å². The summed E-state index contributed by atoms with van der Waals surface area (Å²) in [5, 5.41) is 4.19. The third kappa shape index (κ3) is 2.45. The van der Waals surface area contributed by atoms with Crippen LogP contribution in [0.15, 0.2) is 18.5 Å². The molecule has 2 aromatic rings. The summed E-state index contributed by atoms with van der Waals surface area (Å²) in [5.41, 5.74) is 7.34. The maximum Gasteiger partial charge on any atom is 0.252 e. The van der Waals surface area contributed by atoms with E-state index in [0.717, 1.165) is 29.7 Å². The minimum Gasteiger partial charge on any atom is -0.384 e. The summed E-state index contributed by atoms with van der Waals surface area (Å²) in [4.78, 5) is 18.6. The van der Waals surface area contributed by atoms with E-state index in [1.54, 1.807) is 6.20 Å². The Hall–Kier alpha value is -2.04. The van der Waals surface area contributed by atoms with Crippen molar-refractivity contribution in [1.82, 2.24) is 9.97 Å². The first-order valence-electron chi connectivity index (χ1n) is 6.09. The average molecular weight is 246 g/mol. The Labute approximate surface area is 106 Å². The number of carbonyl (C=O) groups excluding carboxylic acids is 1. The standard InChI is InChI=1S/C13H18N4O/c1-8(2)3-5-15-11-9-4-6-16-13(9)17-7-10(11)12(14)18/h4,6-8H,3,5H2,1-2H3,(H2,14,18)(H2,15,16,17). The first-order valence-corrected chi connectivity index (χ1v) is 6.09. The van der Waals surface area contributed by atoms with Crippen molar-refractivity contribution in [3.8, 4) is 0 Å². The highest BCUT2D eigenvalue weighted by molar-refractivity contribution is 6.05. The molecule has 0 bridgehead atoms. The van der Waals surface area contributed by atoms with Gasteiger partial charge in [0.05, 0.1) is 11.3 Å². The van der Waals surface area contributed by atoms with E-state index in [1.165, 1.54) is 6.20 Å².